The second kappa shape index (κ2) is 6.12. The van der Waals surface area contributed by atoms with Crippen molar-refractivity contribution in [1.82, 2.24) is 29.6 Å². The molecule has 136 valence electrons. The predicted molar refractivity (Wildman–Crippen MR) is 96.7 cm³/mol. The highest BCUT2D eigenvalue weighted by Gasteiger charge is 2.29. The summed E-state index contributed by atoms with van der Waals surface area (Å²) in [5.74, 6) is 0.743. The van der Waals surface area contributed by atoms with Crippen molar-refractivity contribution < 1.29 is 9.53 Å². The molecule has 0 unspecified atom stereocenters. The summed E-state index contributed by atoms with van der Waals surface area (Å²) in [6.07, 6.45) is 3.91. The smallest absolute Gasteiger partial charge is 0.241 e. The molecule has 0 saturated carbocycles. The fourth-order valence-electron chi connectivity index (χ4n) is 3.34. The molecule has 0 aliphatic carbocycles. The van der Waals surface area contributed by atoms with Gasteiger partial charge < -0.3 is 14.6 Å². The summed E-state index contributed by atoms with van der Waals surface area (Å²) in [6, 6.07) is 1.96. The predicted octanol–water partition coefficient (Wildman–Crippen LogP) is 1.58. The first-order valence-corrected chi connectivity index (χ1v) is 8.68. The Hall–Kier alpha value is -2.90. The van der Waals surface area contributed by atoms with Crippen molar-refractivity contribution in [1.29, 1.82) is 0 Å². The molecule has 3 aromatic heterocycles. The first-order chi connectivity index (χ1) is 12.4. The summed E-state index contributed by atoms with van der Waals surface area (Å²) in [5, 5.41) is 7.16. The number of nitrogens with one attached hydrogen (secondary N) is 1. The van der Waals surface area contributed by atoms with E-state index < -0.39 is 0 Å². The van der Waals surface area contributed by atoms with Gasteiger partial charge in [0.15, 0.2) is 0 Å². The Balaban J connectivity index is 1.75. The Labute approximate surface area is 151 Å². The lowest BCUT2D eigenvalue weighted by molar-refractivity contribution is -0.119. The summed E-state index contributed by atoms with van der Waals surface area (Å²) >= 11 is 0. The summed E-state index contributed by atoms with van der Waals surface area (Å²) in [6.45, 7) is 4.62. The van der Waals surface area contributed by atoms with Crippen LogP contribution in [0.1, 0.15) is 19.0 Å². The SMILES string of the molecule is Cc1c(-c2cc3ncn(C)c3c(O[C@H](C)[C@H]3CNC(=O)C3)n2)cnn1C. The zero-order valence-electron chi connectivity index (χ0n) is 15.4. The van der Waals surface area contributed by atoms with Gasteiger partial charge in [-0.15, -0.1) is 0 Å². The first-order valence-electron chi connectivity index (χ1n) is 8.68. The van der Waals surface area contributed by atoms with Crippen LogP contribution in [0.2, 0.25) is 0 Å². The number of aromatic nitrogens is 5. The van der Waals surface area contributed by atoms with E-state index in [0.717, 1.165) is 28.0 Å². The second-order valence-corrected chi connectivity index (χ2v) is 6.89. The third kappa shape index (κ3) is 2.71. The number of carbonyl (C=O) groups is 1. The zero-order chi connectivity index (χ0) is 18.4. The van der Waals surface area contributed by atoms with Crippen molar-refractivity contribution in [2.24, 2.45) is 20.0 Å². The fourth-order valence-corrected chi connectivity index (χ4v) is 3.34. The molecule has 2 atom stereocenters. The molecule has 3 aromatic rings. The van der Waals surface area contributed by atoms with Crippen molar-refractivity contribution in [3.63, 3.8) is 0 Å². The maximum absolute atomic E-state index is 11.5. The molecule has 1 N–H and O–H groups in total. The van der Waals surface area contributed by atoms with Crippen LogP contribution < -0.4 is 10.1 Å². The molecule has 26 heavy (non-hydrogen) atoms. The summed E-state index contributed by atoms with van der Waals surface area (Å²) in [5.41, 5.74) is 4.43. The minimum atomic E-state index is -0.134. The number of amides is 1. The molecule has 8 nitrogen and oxygen atoms in total. The topological polar surface area (TPSA) is 86.9 Å². The first kappa shape index (κ1) is 16.6. The van der Waals surface area contributed by atoms with E-state index in [1.54, 1.807) is 12.5 Å². The average Bonchev–Trinajstić information content (AvgIpc) is 3.29. The molecule has 0 radical (unpaired) electrons. The van der Waals surface area contributed by atoms with Crippen LogP contribution in [0.5, 0.6) is 5.88 Å². The molecule has 4 heterocycles. The highest BCUT2D eigenvalue weighted by Crippen LogP contribution is 2.31. The summed E-state index contributed by atoms with van der Waals surface area (Å²) < 4.78 is 9.94. The Kier molecular flexibility index (Phi) is 3.90. The van der Waals surface area contributed by atoms with Gasteiger partial charge in [-0.25, -0.2) is 9.97 Å². The molecule has 1 saturated heterocycles. The van der Waals surface area contributed by atoms with Crippen LogP contribution in [0.3, 0.4) is 0 Å². The van der Waals surface area contributed by atoms with Crippen LogP contribution in [0, 0.1) is 12.8 Å². The Bertz CT molecular complexity index is 989. The van der Waals surface area contributed by atoms with Crippen molar-refractivity contribution in [3.8, 4) is 17.1 Å². The van der Waals surface area contributed by atoms with Crippen LogP contribution in [-0.2, 0) is 18.9 Å². The number of aryl methyl sites for hydroxylation is 2. The van der Waals surface area contributed by atoms with Gasteiger partial charge in [0, 0.05) is 44.2 Å². The number of nitrogens with zero attached hydrogens (tertiary/aromatic N) is 5. The fraction of sp³-hybridized carbons (Fsp3) is 0.444. The molecule has 8 heteroatoms. The van der Waals surface area contributed by atoms with Crippen LogP contribution in [0.15, 0.2) is 18.6 Å². The van der Waals surface area contributed by atoms with E-state index in [1.807, 2.05) is 43.3 Å². The number of rotatable bonds is 4. The molecule has 1 aliphatic rings. The Morgan fingerprint density at radius 3 is 2.85 bits per heavy atom. The molecule has 1 amide bonds. The van der Waals surface area contributed by atoms with E-state index in [4.69, 9.17) is 9.72 Å². The number of carbonyl (C=O) groups excluding carboxylic acids is 1. The van der Waals surface area contributed by atoms with Crippen molar-refractivity contribution in [3.05, 3.63) is 24.3 Å². The van der Waals surface area contributed by atoms with Gasteiger partial charge in [0.25, 0.3) is 0 Å². The molecule has 1 aliphatic heterocycles. The molecular formula is C18H22N6O2. The molecule has 4 rings (SSSR count). The minimum absolute atomic E-state index is 0.0730. The molecular weight excluding hydrogens is 332 g/mol. The largest absolute Gasteiger partial charge is 0.473 e. The van der Waals surface area contributed by atoms with Gasteiger partial charge >= 0.3 is 0 Å². The summed E-state index contributed by atoms with van der Waals surface area (Å²) in [4.78, 5) is 20.7. The van der Waals surface area contributed by atoms with Crippen LogP contribution in [0.25, 0.3) is 22.3 Å². The quantitative estimate of drug-likeness (QED) is 0.769. The summed E-state index contributed by atoms with van der Waals surface area (Å²) in [7, 11) is 3.83. The Morgan fingerprint density at radius 2 is 2.19 bits per heavy atom. The maximum Gasteiger partial charge on any atom is 0.241 e. The van der Waals surface area contributed by atoms with Gasteiger partial charge in [-0.05, 0) is 19.9 Å². The molecule has 0 spiro atoms. The van der Waals surface area contributed by atoms with Crippen LogP contribution in [0.4, 0.5) is 0 Å². The second-order valence-electron chi connectivity index (χ2n) is 6.89. The lowest BCUT2D eigenvalue weighted by atomic mass is 10.0. The number of imidazole rings is 1. The number of pyridine rings is 1. The van der Waals surface area contributed by atoms with Crippen LogP contribution >= 0.6 is 0 Å². The van der Waals surface area contributed by atoms with Crippen molar-refractivity contribution >= 4 is 16.9 Å². The van der Waals surface area contributed by atoms with E-state index in [9.17, 15) is 4.79 Å². The third-order valence-corrected chi connectivity index (χ3v) is 5.14. The van der Waals surface area contributed by atoms with E-state index in [-0.39, 0.29) is 17.9 Å². The number of hydrogen-bond donors (Lipinski definition) is 1. The monoisotopic (exact) mass is 354 g/mol. The molecule has 1 fully saturated rings. The van der Waals surface area contributed by atoms with E-state index in [1.165, 1.54) is 0 Å². The number of ether oxygens (including phenoxy) is 1. The number of hydrogen-bond acceptors (Lipinski definition) is 5. The van der Waals surface area contributed by atoms with Gasteiger partial charge in [-0.2, -0.15) is 5.10 Å². The standard InChI is InChI=1S/C18H22N6O2/c1-10-13(8-21-24(10)4)14-6-15-17(23(3)9-20-15)18(22-14)26-11(2)12-5-16(25)19-7-12/h6,8-9,11-12H,5,7H2,1-4H3,(H,19,25)/t11-,12-/m1/s1. The maximum atomic E-state index is 11.5. The molecule has 0 bridgehead atoms. The Morgan fingerprint density at radius 1 is 1.38 bits per heavy atom. The van der Waals surface area contributed by atoms with Gasteiger partial charge in [-0.1, -0.05) is 0 Å². The van der Waals surface area contributed by atoms with Crippen LogP contribution in [-0.4, -0.2) is 42.9 Å². The van der Waals surface area contributed by atoms with Gasteiger partial charge in [0.2, 0.25) is 11.8 Å². The lowest BCUT2D eigenvalue weighted by Gasteiger charge is -2.20. The third-order valence-electron chi connectivity index (χ3n) is 5.14. The average molecular weight is 354 g/mol. The zero-order valence-corrected chi connectivity index (χ0v) is 15.4. The number of fused-ring (bicyclic) bond motifs is 1. The van der Waals surface area contributed by atoms with Gasteiger partial charge in [0.05, 0.1) is 23.7 Å². The highest BCUT2D eigenvalue weighted by atomic mass is 16.5. The van der Waals surface area contributed by atoms with Crippen molar-refractivity contribution in [2.45, 2.75) is 26.4 Å². The van der Waals surface area contributed by atoms with Gasteiger partial charge in [-0.3, -0.25) is 9.48 Å². The van der Waals surface area contributed by atoms with E-state index >= 15 is 0 Å². The van der Waals surface area contributed by atoms with Gasteiger partial charge in [0.1, 0.15) is 11.6 Å². The highest BCUT2D eigenvalue weighted by molar-refractivity contribution is 5.85. The van der Waals surface area contributed by atoms with E-state index in [0.29, 0.717) is 18.8 Å². The molecule has 0 aromatic carbocycles. The lowest BCUT2D eigenvalue weighted by Crippen LogP contribution is -2.26. The van der Waals surface area contributed by atoms with Crippen molar-refractivity contribution in [2.75, 3.05) is 6.54 Å². The minimum Gasteiger partial charge on any atom is -0.473 e. The van der Waals surface area contributed by atoms with E-state index in [2.05, 4.69) is 15.4 Å². The normalized spacial score (nSPS) is 18.3.